The maximum absolute atomic E-state index is 12.4. The lowest BCUT2D eigenvalue weighted by atomic mass is 10.1. The quantitative estimate of drug-likeness (QED) is 0.623. The lowest BCUT2D eigenvalue weighted by molar-refractivity contribution is -0.120. The lowest BCUT2D eigenvalue weighted by Gasteiger charge is -2.15. The first-order valence-electron chi connectivity index (χ1n) is 9.41. The minimum Gasteiger partial charge on any atom is -0.353 e. The van der Waals surface area contributed by atoms with E-state index in [0.29, 0.717) is 5.16 Å². The van der Waals surface area contributed by atoms with Gasteiger partial charge in [-0.25, -0.2) is 0 Å². The zero-order valence-corrected chi connectivity index (χ0v) is 17.7. The van der Waals surface area contributed by atoms with Crippen LogP contribution in [0.3, 0.4) is 0 Å². The Bertz CT molecular complexity index is 946. The highest BCUT2D eigenvalue weighted by molar-refractivity contribution is 8.00. The van der Waals surface area contributed by atoms with Gasteiger partial charge in [-0.1, -0.05) is 59.3 Å². The second-order valence-electron chi connectivity index (χ2n) is 7.27. The fourth-order valence-corrected chi connectivity index (χ4v) is 3.65. The number of rotatable bonds is 6. The molecule has 1 heterocycles. The van der Waals surface area contributed by atoms with Gasteiger partial charge in [-0.05, 0) is 46.8 Å². The summed E-state index contributed by atoms with van der Waals surface area (Å²) in [5, 5.41) is 12.2. The van der Waals surface area contributed by atoms with Crippen molar-refractivity contribution in [2.45, 2.75) is 51.1 Å². The van der Waals surface area contributed by atoms with Gasteiger partial charge in [0.1, 0.15) is 0 Å². The van der Waals surface area contributed by atoms with Crippen molar-refractivity contribution in [3.8, 4) is 17.1 Å². The van der Waals surface area contributed by atoms with E-state index in [-0.39, 0.29) is 17.2 Å². The Morgan fingerprint density at radius 2 is 1.50 bits per heavy atom. The monoisotopic (exact) mass is 394 g/mol. The van der Waals surface area contributed by atoms with E-state index >= 15 is 0 Å². The molecule has 0 spiro atoms. The van der Waals surface area contributed by atoms with Crippen LogP contribution in [0.25, 0.3) is 17.1 Å². The molecule has 0 saturated heterocycles. The summed E-state index contributed by atoms with van der Waals surface area (Å²) in [6.07, 6.45) is 0. The molecule has 6 heteroatoms. The van der Waals surface area contributed by atoms with Crippen LogP contribution in [-0.4, -0.2) is 32.0 Å². The minimum atomic E-state index is -0.276. The molecule has 0 unspecified atom stereocenters. The average molecular weight is 395 g/mol. The molecule has 0 saturated carbocycles. The summed E-state index contributed by atoms with van der Waals surface area (Å²) in [7, 11) is 0. The van der Waals surface area contributed by atoms with E-state index in [0.717, 1.165) is 17.1 Å². The second-order valence-corrected chi connectivity index (χ2v) is 8.57. The Hall–Kier alpha value is -2.60. The average Bonchev–Trinajstić information content (AvgIpc) is 3.06. The highest BCUT2D eigenvalue weighted by Crippen LogP contribution is 2.30. The van der Waals surface area contributed by atoms with Crippen molar-refractivity contribution in [2.75, 3.05) is 0 Å². The van der Waals surface area contributed by atoms with Gasteiger partial charge in [-0.2, -0.15) is 0 Å². The van der Waals surface area contributed by atoms with Gasteiger partial charge >= 0.3 is 0 Å². The summed E-state index contributed by atoms with van der Waals surface area (Å²) >= 11 is 1.42. The van der Waals surface area contributed by atoms with Crippen molar-refractivity contribution in [3.63, 3.8) is 0 Å². The first-order valence-corrected chi connectivity index (χ1v) is 10.3. The highest BCUT2D eigenvalue weighted by atomic mass is 32.2. The molecule has 2 aromatic carbocycles. The Kier molecular flexibility index (Phi) is 6.19. The van der Waals surface area contributed by atoms with E-state index in [2.05, 4.69) is 65.8 Å². The first-order chi connectivity index (χ1) is 13.3. The summed E-state index contributed by atoms with van der Waals surface area (Å²) in [6, 6.07) is 16.6. The molecule has 3 aromatic rings. The topological polar surface area (TPSA) is 59.8 Å². The number of benzene rings is 2. The number of carbonyl (C=O) groups excluding carboxylic acids is 1. The van der Waals surface area contributed by atoms with Gasteiger partial charge in [0, 0.05) is 17.3 Å². The van der Waals surface area contributed by atoms with Crippen LogP contribution in [0.15, 0.2) is 53.7 Å². The van der Waals surface area contributed by atoms with Crippen LogP contribution in [0.5, 0.6) is 0 Å². The van der Waals surface area contributed by atoms with Crippen LogP contribution in [0.4, 0.5) is 0 Å². The number of nitrogens with zero attached hydrogens (tertiary/aromatic N) is 3. The molecule has 1 amide bonds. The number of nitrogens with one attached hydrogen (secondary N) is 1. The molecule has 1 N–H and O–H groups in total. The number of hydrogen-bond donors (Lipinski definition) is 1. The van der Waals surface area contributed by atoms with Gasteiger partial charge in [0.2, 0.25) is 5.91 Å². The van der Waals surface area contributed by atoms with E-state index in [1.165, 1.54) is 22.9 Å². The van der Waals surface area contributed by atoms with Crippen molar-refractivity contribution in [1.82, 2.24) is 20.1 Å². The third-order valence-corrected chi connectivity index (χ3v) is 5.36. The highest BCUT2D eigenvalue weighted by Gasteiger charge is 2.22. The van der Waals surface area contributed by atoms with Crippen molar-refractivity contribution >= 4 is 17.7 Å². The van der Waals surface area contributed by atoms with E-state index in [9.17, 15) is 4.79 Å². The SMILES string of the molecule is Cc1ccc(-c2nnc(S[C@H](C)C(=O)NC(C)C)n2-c2ccc(C)cc2)cc1. The maximum atomic E-state index is 12.4. The molecule has 1 atom stereocenters. The smallest absolute Gasteiger partial charge is 0.233 e. The Labute approximate surface area is 170 Å². The molecule has 1 aromatic heterocycles. The van der Waals surface area contributed by atoms with Crippen LogP contribution in [0.2, 0.25) is 0 Å². The van der Waals surface area contributed by atoms with Gasteiger partial charge in [-0.3, -0.25) is 9.36 Å². The van der Waals surface area contributed by atoms with Gasteiger partial charge < -0.3 is 5.32 Å². The normalized spacial score (nSPS) is 12.2. The van der Waals surface area contributed by atoms with Gasteiger partial charge in [0.15, 0.2) is 11.0 Å². The van der Waals surface area contributed by atoms with Crippen molar-refractivity contribution in [3.05, 3.63) is 59.7 Å². The third kappa shape index (κ3) is 4.62. The number of aryl methyl sites for hydroxylation is 2. The van der Waals surface area contributed by atoms with E-state index in [4.69, 9.17) is 0 Å². The molecular formula is C22H26N4OS. The largest absolute Gasteiger partial charge is 0.353 e. The van der Waals surface area contributed by atoms with Crippen LogP contribution in [0, 0.1) is 13.8 Å². The summed E-state index contributed by atoms with van der Waals surface area (Å²) < 4.78 is 2.02. The molecule has 0 aliphatic rings. The second kappa shape index (κ2) is 8.61. The molecule has 0 aliphatic carbocycles. The molecule has 3 rings (SSSR count). The fraction of sp³-hybridized carbons (Fsp3) is 0.318. The van der Waals surface area contributed by atoms with Crippen LogP contribution in [-0.2, 0) is 4.79 Å². The number of thioether (sulfide) groups is 1. The summed E-state index contributed by atoms with van der Waals surface area (Å²) in [4.78, 5) is 12.4. The van der Waals surface area contributed by atoms with Crippen LogP contribution >= 0.6 is 11.8 Å². The van der Waals surface area contributed by atoms with E-state index in [1.807, 2.05) is 37.5 Å². The van der Waals surface area contributed by atoms with E-state index < -0.39 is 0 Å². The van der Waals surface area contributed by atoms with Crippen molar-refractivity contribution in [1.29, 1.82) is 0 Å². The third-order valence-electron chi connectivity index (χ3n) is 4.32. The maximum Gasteiger partial charge on any atom is 0.233 e. The molecular weight excluding hydrogens is 368 g/mol. The van der Waals surface area contributed by atoms with E-state index in [1.54, 1.807) is 0 Å². The Balaban J connectivity index is 2.01. The first kappa shape index (κ1) is 20.1. The molecule has 0 aliphatic heterocycles. The zero-order valence-electron chi connectivity index (χ0n) is 16.9. The lowest BCUT2D eigenvalue weighted by Crippen LogP contribution is -2.36. The minimum absolute atomic E-state index is 0.00431. The van der Waals surface area contributed by atoms with Gasteiger partial charge in [0.25, 0.3) is 0 Å². The number of carbonyl (C=O) groups is 1. The number of amides is 1. The van der Waals surface area contributed by atoms with Crippen LogP contribution < -0.4 is 5.32 Å². The van der Waals surface area contributed by atoms with Crippen LogP contribution in [0.1, 0.15) is 31.9 Å². The predicted molar refractivity (Wildman–Crippen MR) is 115 cm³/mol. The molecule has 0 fully saturated rings. The summed E-state index contributed by atoms with van der Waals surface area (Å²) in [6.45, 7) is 9.93. The molecule has 5 nitrogen and oxygen atoms in total. The molecule has 0 radical (unpaired) electrons. The van der Waals surface area contributed by atoms with Crippen molar-refractivity contribution < 1.29 is 4.79 Å². The fourth-order valence-electron chi connectivity index (χ4n) is 2.78. The Morgan fingerprint density at radius 1 is 0.929 bits per heavy atom. The van der Waals surface area contributed by atoms with Gasteiger partial charge in [-0.15, -0.1) is 10.2 Å². The van der Waals surface area contributed by atoms with Gasteiger partial charge in [0.05, 0.1) is 5.25 Å². The summed E-state index contributed by atoms with van der Waals surface area (Å²) in [5.41, 5.74) is 4.35. The number of aromatic nitrogens is 3. The zero-order chi connectivity index (χ0) is 20.3. The number of hydrogen-bond acceptors (Lipinski definition) is 4. The van der Waals surface area contributed by atoms with Crippen molar-refractivity contribution in [2.24, 2.45) is 0 Å². The Morgan fingerprint density at radius 3 is 2.07 bits per heavy atom. The molecule has 28 heavy (non-hydrogen) atoms. The standard InChI is InChI=1S/C22H26N4OS/c1-14(2)23-21(27)17(5)28-22-25-24-20(18-10-6-15(3)7-11-18)26(22)19-12-8-16(4)9-13-19/h6-14,17H,1-5H3,(H,23,27)/t17-/m1/s1. The molecule has 146 valence electrons. The predicted octanol–water partition coefficient (Wildman–Crippen LogP) is 4.56. The summed E-state index contributed by atoms with van der Waals surface area (Å²) in [5.74, 6) is 0.762. The molecule has 0 bridgehead atoms.